The summed E-state index contributed by atoms with van der Waals surface area (Å²) in [7, 11) is -1.64. The zero-order chi connectivity index (χ0) is 22.0. The van der Waals surface area contributed by atoms with Gasteiger partial charge in [0, 0.05) is 48.7 Å². The maximum atomic E-state index is 14.1. The second-order valence-electron chi connectivity index (χ2n) is 7.72. The Labute approximate surface area is 182 Å². The van der Waals surface area contributed by atoms with E-state index >= 15 is 0 Å². The highest BCUT2D eigenvalue weighted by atomic mass is 32.2. The maximum absolute atomic E-state index is 14.1. The molecule has 3 aromatic rings. The molecule has 0 bridgehead atoms. The molecule has 2 heterocycles. The molecule has 2 aromatic carbocycles. The van der Waals surface area contributed by atoms with Gasteiger partial charge in [-0.15, -0.1) is 0 Å². The summed E-state index contributed by atoms with van der Waals surface area (Å²) in [5, 5.41) is 5.54. The molecule has 1 aliphatic rings. The number of nitrogens with one attached hydrogen (secondary N) is 1. The van der Waals surface area contributed by atoms with Crippen molar-refractivity contribution >= 4 is 26.5 Å². The Balaban J connectivity index is 1.65. The number of halogens is 1. The second-order valence-corrected chi connectivity index (χ2v) is 9.98. The molecule has 0 unspecified atom stereocenters. The fraction of sp³-hybridized carbons (Fsp3) is 0.348. The van der Waals surface area contributed by atoms with Crippen molar-refractivity contribution in [3.05, 3.63) is 54.6 Å². The quantitative estimate of drug-likeness (QED) is 0.616. The molecule has 0 spiro atoms. The molecule has 1 saturated heterocycles. The highest BCUT2D eigenvalue weighted by Crippen LogP contribution is 2.34. The Morgan fingerprint density at radius 2 is 1.90 bits per heavy atom. The molecule has 0 atom stereocenters. The number of rotatable bonds is 6. The number of hydrogen-bond acceptors (Lipinski definition) is 5. The summed E-state index contributed by atoms with van der Waals surface area (Å²) in [5.74, 6) is 0.229. The Hall–Kier alpha value is -2.71. The number of anilines is 1. The van der Waals surface area contributed by atoms with E-state index in [2.05, 4.69) is 10.3 Å². The van der Waals surface area contributed by atoms with Crippen LogP contribution in [-0.4, -0.2) is 49.7 Å². The van der Waals surface area contributed by atoms with Gasteiger partial charge in [-0.2, -0.15) is 0 Å². The van der Waals surface area contributed by atoms with Crippen LogP contribution in [0.25, 0.3) is 21.9 Å². The van der Waals surface area contributed by atoms with Gasteiger partial charge in [0.1, 0.15) is 11.6 Å². The highest BCUT2D eigenvalue weighted by molar-refractivity contribution is 7.89. The average molecular weight is 444 g/mol. The first-order valence-electron chi connectivity index (χ1n) is 10.4. The summed E-state index contributed by atoms with van der Waals surface area (Å²) in [5.41, 5.74) is 2.49. The third-order valence-corrected chi connectivity index (χ3v) is 7.65. The van der Waals surface area contributed by atoms with Crippen LogP contribution in [0.1, 0.15) is 19.8 Å². The molecule has 31 heavy (non-hydrogen) atoms. The smallest absolute Gasteiger partial charge is 0.213 e. The number of ether oxygens (including phenoxy) is 1. The van der Waals surface area contributed by atoms with E-state index in [0.29, 0.717) is 18.8 Å². The number of fused-ring (bicyclic) bond motifs is 1. The van der Waals surface area contributed by atoms with Crippen LogP contribution < -0.4 is 10.1 Å². The van der Waals surface area contributed by atoms with Gasteiger partial charge in [0.25, 0.3) is 0 Å². The van der Waals surface area contributed by atoms with Crippen molar-refractivity contribution in [2.45, 2.75) is 25.8 Å². The largest absolute Gasteiger partial charge is 0.497 e. The minimum atomic E-state index is -3.16. The van der Waals surface area contributed by atoms with Crippen molar-refractivity contribution in [1.29, 1.82) is 0 Å². The lowest BCUT2D eigenvalue weighted by Crippen LogP contribution is -2.42. The van der Waals surface area contributed by atoms with E-state index < -0.39 is 10.0 Å². The van der Waals surface area contributed by atoms with E-state index in [9.17, 15) is 12.8 Å². The van der Waals surface area contributed by atoms with Crippen LogP contribution in [0.4, 0.5) is 10.1 Å². The van der Waals surface area contributed by atoms with Gasteiger partial charge >= 0.3 is 0 Å². The van der Waals surface area contributed by atoms with Gasteiger partial charge in [-0.05, 0) is 66.6 Å². The maximum Gasteiger partial charge on any atom is 0.213 e. The van der Waals surface area contributed by atoms with E-state index in [0.717, 1.165) is 40.4 Å². The summed E-state index contributed by atoms with van der Waals surface area (Å²) >= 11 is 0. The van der Waals surface area contributed by atoms with Gasteiger partial charge in [-0.3, -0.25) is 4.98 Å². The van der Waals surface area contributed by atoms with Gasteiger partial charge in [0.15, 0.2) is 0 Å². The van der Waals surface area contributed by atoms with E-state index in [-0.39, 0.29) is 17.6 Å². The number of piperidine rings is 1. The number of hydrogen-bond donors (Lipinski definition) is 1. The highest BCUT2D eigenvalue weighted by Gasteiger charge is 2.27. The van der Waals surface area contributed by atoms with Crippen molar-refractivity contribution < 1.29 is 17.5 Å². The molecule has 164 valence electrons. The number of pyridine rings is 1. The fourth-order valence-electron chi connectivity index (χ4n) is 4.01. The first-order valence-corrected chi connectivity index (χ1v) is 12.0. The van der Waals surface area contributed by atoms with E-state index in [4.69, 9.17) is 4.74 Å². The Bertz CT molecular complexity index is 1190. The summed E-state index contributed by atoms with van der Waals surface area (Å²) in [6.45, 7) is 2.68. The van der Waals surface area contributed by atoms with Crippen molar-refractivity contribution in [3.8, 4) is 16.9 Å². The Morgan fingerprint density at radius 1 is 1.16 bits per heavy atom. The number of benzene rings is 2. The minimum absolute atomic E-state index is 0.126. The zero-order valence-electron chi connectivity index (χ0n) is 17.6. The molecule has 0 saturated carbocycles. The zero-order valence-corrected chi connectivity index (χ0v) is 18.5. The first kappa shape index (κ1) is 21.5. The summed E-state index contributed by atoms with van der Waals surface area (Å²) < 4.78 is 45.1. The van der Waals surface area contributed by atoms with Crippen LogP contribution in [0, 0.1) is 5.82 Å². The predicted molar refractivity (Wildman–Crippen MR) is 121 cm³/mol. The summed E-state index contributed by atoms with van der Waals surface area (Å²) in [6, 6.07) is 10.7. The summed E-state index contributed by atoms with van der Waals surface area (Å²) in [4.78, 5) is 4.26. The van der Waals surface area contributed by atoms with Crippen molar-refractivity contribution in [1.82, 2.24) is 9.29 Å². The van der Waals surface area contributed by atoms with Crippen LogP contribution in [0.3, 0.4) is 0 Å². The van der Waals surface area contributed by atoms with Gasteiger partial charge in [-0.25, -0.2) is 17.1 Å². The number of nitrogens with zero attached hydrogens (tertiary/aromatic N) is 2. The molecule has 0 aliphatic carbocycles. The lowest BCUT2D eigenvalue weighted by molar-refractivity contribution is 0.330. The monoisotopic (exact) mass is 443 g/mol. The molecule has 0 radical (unpaired) electrons. The van der Waals surface area contributed by atoms with Crippen LogP contribution in [0.2, 0.25) is 0 Å². The molecule has 1 aliphatic heterocycles. The molecule has 8 heteroatoms. The molecule has 1 N–H and O–H groups in total. The molecular formula is C23H26FN3O3S. The number of sulfonamides is 1. The Morgan fingerprint density at radius 3 is 2.61 bits per heavy atom. The minimum Gasteiger partial charge on any atom is -0.497 e. The van der Waals surface area contributed by atoms with Crippen LogP contribution in [0.15, 0.2) is 48.8 Å². The van der Waals surface area contributed by atoms with Crippen LogP contribution in [-0.2, 0) is 10.0 Å². The lowest BCUT2D eigenvalue weighted by atomic mass is 9.99. The molecule has 4 rings (SSSR count). The van der Waals surface area contributed by atoms with Crippen molar-refractivity contribution in [2.24, 2.45) is 0 Å². The third-order valence-electron chi connectivity index (χ3n) is 5.77. The van der Waals surface area contributed by atoms with E-state index in [1.54, 1.807) is 17.4 Å². The normalized spacial score (nSPS) is 15.8. The molecule has 1 aromatic heterocycles. The molecular weight excluding hydrogens is 417 g/mol. The average Bonchev–Trinajstić information content (AvgIpc) is 2.79. The molecule has 1 fully saturated rings. The third kappa shape index (κ3) is 4.65. The Kier molecular flexibility index (Phi) is 6.11. The second kappa shape index (κ2) is 8.80. The predicted octanol–water partition coefficient (Wildman–Crippen LogP) is 4.28. The van der Waals surface area contributed by atoms with Crippen LogP contribution >= 0.6 is 0 Å². The van der Waals surface area contributed by atoms with Crippen molar-refractivity contribution in [3.63, 3.8) is 0 Å². The van der Waals surface area contributed by atoms with E-state index in [1.165, 1.54) is 19.2 Å². The topological polar surface area (TPSA) is 71.5 Å². The SMILES string of the molecule is CCS(=O)(=O)N1CCC(Nc2cc(-c3cc(F)cc(OC)c3)cc3ccncc23)CC1. The number of aromatic nitrogens is 1. The standard InChI is InChI=1S/C23H26FN3O3S/c1-3-31(28,29)27-8-5-20(6-9-27)26-23-13-17(10-16-4-7-25-15-22(16)23)18-11-19(24)14-21(12-18)30-2/h4,7,10-15,20,26H,3,5-6,8-9H2,1-2H3. The first-order chi connectivity index (χ1) is 14.9. The van der Waals surface area contributed by atoms with Gasteiger partial charge in [0.2, 0.25) is 10.0 Å². The number of methoxy groups -OCH3 is 1. The van der Waals surface area contributed by atoms with Gasteiger partial charge < -0.3 is 10.1 Å². The molecule has 0 amide bonds. The van der Waals surface area contributed by atoms with Crippen LogP contribution in [0.5, 0.6) is 5.75 Å². The van der Waals surface area contributed by atoms with Gasteiger partial charge in [0.05, 0.1) is 12.9 Å². The van der Waals surface area contributed by atoms with Gasteiger partial charge in [-0.1, -0.05) is 0 Å². The van der Waals surface area contributed by atoms with E-state index in [1.807, 2.05) is 30.5 Å². The fourth-order valence-corrected chi connectivity index (χ4v) is 5.14. The van der Waals surface area contributed by atoms with Crippen molar-refractivity contribution in [2.75, 3.05) is 31.3 Å². The summed E-state index contributed by atoms with van der Waals surface area (Å²) in [6.07, 6.45) is 4.98. The molecule has 6 nitrogen and oxygen atoms in total. The lowest BCUT2D eigenvalue weighted by Gasteiger charge is -2.32.